The van der Waals surface area contributed by atoms with E-state index in [0.29, 0.717) is 16.9 Å². The first-order valence-corrected chi connectivity index (χ1v) is 6.07. The van der Waals surface area contributed by atoms with Crippen LogP contribution in [0, 0.1) is 20.8 Å². The maximum atomic E-state index is 12.3. The van der Waals surface area contributed by atoms with Crippen LogP contribution in [0.1, 0.15) is 27.2 Å². The summed E-state index contributed by atoms with van der Waals surface area (Å²) in [5.41, 5.74) is 10.5. The Labute approximate surface area is 112 Å². The van der Waals surface area contributed by atoms with Gasteiger partial charge in [-0.2, -0.15) is 5.10 Å². The number of nitrogen functional groups attached to an aromatic ring is 1. The minimum absolute atomic E-state index is 0.166. The molecule has 0 aliphatic rings. The van der Waals surface area contributed by atoms with Gasteiger partial charge in [0.1, 0.15) is 0 Å². The second kappa shape index (κ2) is 4.76. The zero-order valence-electron chi connectivity index (χ0n) is 11.6. The third-order valence-corrected chi connectivity index (χ3v) is 3.12. The highest BCUT2D eigenvalue weighted by Crippen LogP contribution is 2.20. The average molecular weight is 258 g/mol. The van der Waals surface area contributed by atoms with Gasteiger partial charge in [-0.25, -0.2) is 0 Å². The molecule has 0 bridgehead atoms. The number of nitrogens with zero attached hydrogens (tertiary/aromatic N) is 2. The van der Waals surface area contributed by atoms with Gasteiger partial charge in [-0.15, -0.1) is 0 Å². The van der Waals surface area contributed by atoms with Gasteiger partial charge in [-0.3, -0.25) is 9.48 Å². The van der Waals surface area contributed by atoms with Crippen LogP contribution in [0.15, 0.2) is 18.3 Å². The Hall–Kier alpha value is -2.30. The topological polar surface area (TPSA) is 72.9 Å². The van der Waals surface area contributed by atoms with E-state index in [-0.39, 0.29) is 5.91 Å². The molecule has 1 aromatic heterocycles. The van der Waals surface area contributed by atoms with Crippen molar-refractivity contribution in [1.82, 2.24) is 9.78 Å². The molecule has 0 saturated heterocycles. The van der Waals surface area contributed by atoms with Crippen LogP contribution in [0.2, 0.25) is 0 Å². The summed E-state index contributed by atoms with van der Waals surface area (Å²) in [5, 5.41) is 7.05. The molecule has 0 radical (unpaired) electrons. The molecule has 5 nitrogen and oxygen atoms in total. The molecule has 1 amide bonds. The van der Waals surface area contributed by atoms with Crippen LogP contribution in [-0.4, -0.2) is 15.7 Å². The molecule has 0 unspecified atom stereocenters. The lowest BCUT2D eigenvalue weighted by Gasteiger charge is -2.09. The Morgan fingerprint density at radius 3 is 2.53 bits per heavy atom. The largest absolute Gasteiger partial charge is 0.398 e. The second-order valence-electron chi connectivity index (χ2n) is 4.78. The highest BCUT2D eigenvalue weighted by atomic mass is 16.1. The zero-order chi connectivity index (χ0) is 14.2. The second-order valence-corrected chi connectivity index (χ2v) is 4.78. The molecule has 0 aliphatic heterocycles. The number of rotatable bonds is 2. The van der Waals surface area contributed by atoms with Gasteiger partial charge in [-0.05, 0) is 38.0 Å². The lowest BCUT2D eigenvalue weighted by Crippen LogP contribution is -2.14. The first-order chi connectivity index (χ1) is 8.88. The van der Waals surface area contributed by atoms with Gasteiger partial charge in [0.25, 0.3) is 5.91 Å². The molecule has 3 N–H and O–H groups in total. The Bertz CT molecular complexity index is 643. The normalized spacial score (nSPS) is 10.5. The molecule has 100 valence electrons. The fourth-order valence-electron chi connectivity index (χ4n) is 2.03. The van der Waals surface area contributed by atoms with Crippen molar-refractivity contribution in [2.75, 3.05) is 11.1 Å². The maximum Gasteiger partial charge on any atom is 0.256 e. The summed E-state index contributed by atoms with van der Waals surface area (Å²) < 4.78 is 1.67. The van der Waals surface area contributed by atoms with Gasteiger partial charge in [0, 0.05) is 24.5 Å². The number of nitrogens with one attached hydrogen (secondary N) is 1. The lowest BCUT2D eigenvalue weighted by atomic mass is 10.0. The maximum absolute atomic E-state index is 12.3. The minimum Gasteiger partial charge on any atom is -0.398 e. The fraction of sp³-hybridized carbons (Fsp3) is 0.286. The third-order valence-electron chi connectivity index (χ3n) is 3.12. The molecule has 2 rings (SSSR count). The van der Waals surface area contributed by atoms with E-state index in [2.05, 4.69) is 10.4 Å². The molecule has 0 aliphatic carbocycles. The molecule has 1 aromatic carbocycles. The average Bonchev–Trinajstić information content (AvgIpc) is 2.62. The number of aromatic nitrogens is 2. The molecular weight excluding hydrogens is 240 g/mol. The van der Waals surface area contributed by atoms with Crippen molar-refractivity contribution in [2.45, 2.75) is 20.8 Å². The summed E-state index contributed by atoms with van der Waals surface area (Å²) >= 11 is 0. The van der Waals surface area contributed by atoms with Gasteiger partial charge < -0.3 is 11.1 Å². The van der Waals surface area contributed by atoms with Crippen molar-refractivity contribution in [3.63, 3.8) is 0 Å². The monoisotopic (exact) mass is 258 g/mol. The standard InChI is InChI=1S/C14H18N4O/c1-8-5-9(2)12(15)6-11(8)14(19)16-13-7-18(4)17-10(13)3/h5-7H,15H2,1-4H3,(H,16,19). The molecule has 1 heterocycles. The van der Waals surface area contributed by atoms with Crippen LogP contribution in [0.5, 0.6) is 0 Å². The van der Waals surface area contributed by atoms with E-state index in [1.165, 1.54) is 0 Å². The molecule has 0 spiro atoms. The van der Waals surface area contributed by atoms with E-state index in [1.807, 2.05) is 33.9 Å². The zero-order valence-corrected chi connectivity index (χ0v) is 11.6. The van der Waals surface area contributed by atoms with Gasteiger partial charge in [0.2, 0.25) is 0 Å². The SMILES string of the molecule is Cc1cc(C)c(C(=O)Nc2cn(C)nc2C)cc1N. The van der Waals surface area contributed by atoms with Crippen molar-refractivity contribution >= 4 is 17.3 Å². The predicted molar refractivity (Wildman–Crippen MR) is 76.2 cm³/mol. The quantitative estimate of drug-likeness (QED) is 0.811. The van der Waals surface area contributed by atoms with Gasteiger partial charge in [0.15, 0.2) is 0 Å². The number of carbonyl (C=O) groups excluding carboxylic acids is 1. The summed E-state index contributed by atoms with van der Waals surface area (Å²) in [4.78, 5) is 12.3. The van der Waals surface area contributed by atoms with E-state index in [9.17, 15) is 4.79 Å². The molecule has 19 heavy (non-hydrogen) atoms. The summed E-state index contributed by atoms with van der Waals surface area (Å²) in [6.45, 7) is 5.68. The number of hydrogen-bond donors (Lipinski definition) is 2. The molecule has 5 heteroatoms. The van der Waals surface area contributed by atoms with Crippen molar-refractivity contribution in [3.05, 3.63) is 40.7 Å². The first kappa shape index (κ1) is 13.1. The van der Waals surface area contributed by atoms with Crippen LogP contribution in [0.25, 0.3) is 0 Å². The summed E-state index contributed by atoms with van der Waals surface area (Å²) in [6.07, 6.45) is 1.78. The number of hydrogen-bond acceptors (Lipinski definition) is 3. The minimum atomic E-state index is -0.166. The Morgan fingerprint density at radius 2 is 1.95 bits per heavy atom. The van der Waals surface area contributed by atoms with Crippen molar-refractivity contribution in [1.29, 1.82) is 0 Å². The van der Waals surface area contributed by atoms with Gasteiger partial charge in [-0.1, -0.05) is 6.07 Å². The van der Waals surface area contributed by atoms with Crippen molar-refractivity contribution < 1.29 is 4.79 Å². The van der Waals surface area contributed by atoms with Crippen LogP contribution in [-0.2, 0) is 7.05 Å². The van der Waals surface area contributed by atoms with Crippen molar-refractivity contribution in [2.24, 2.45) is 7.05 Å². The smallest absolute Gasteiger partial charge is 0.256 e. The summed E-state index contributed by atoms with van der Waals surface area (Å²) in [6, 6.07) is 3.63. The molecule has 0 atom stereocenters. The summed E-state index contributed by atoms with van der Waals surface area (Å²) in [7, 11) is 1.82. The third kappa shape index (κ3) is 2.59. The van der Waals surface area contributed by atoms with Crippen molar-refractivity contribution in [3.8, 4) is 0 Å². The fourth-order valence-corrected chi connectivity index (χ4v) is 2.03. The number of aryl methyl sites for hydroxylation is 4. The molecule has 0 fully saturated rings. The number of amides is 1. The van der Waals surface area contributed by atoms with Crippen LogP contribution >= 0.6 is 0 Å². The van der Waals surface area contributed by atoms with Gasteiger partial charge >= 0.3 is 0 Å². The number of nitrogens with two attached hydrogens (primary N) is 1. The van der Waals surface area contributed by atoms with E-state index >= 15 is 0 Å². The number of anilines is 2. The highest BCUT2D eigenvalue weighted by Gasteiger charge is 2.13. The highest BCUT2D eigenvalue weighted by molar-refractivity contribution is 6.06. The Kier molecular flexibility index (Phi) is 3.29. The molecule has 2 aromatic rings. The Balaban J connectivity index is 2.30. The number of carbonyl (C=O) groups is 1. The van der Waals surface area contributed by atoms with Gasteiger partial charge in [0.05, 0.1) is 11.4 Å². The first-order valence-electron chi connectivity index (χ1n) is 6.07. The lowest BCUT2D eigenvalue weighted by molar-refractivity contribution is 0.102. The van der Waals surface area contributed by atoms with E-state index in [0.717, 1.165) is 16.8 Å². The number of benzene rings is 1. The Morgan fingerprint density at radius 1 is 1.26 bits per heavy atom. The van der Waals surface area contributed by atoms with Crippen LogP contribution in [0.3, 0.4) is 0 Å². The molecular formula is C14H18N4O. The predicted octanol–water partition coefficient (Wildman–Crippen LogP) is 2.18. The van der Waals surface area contributed by atoms with E-state index < -0.39 is 0 Å². The molecule has 0 saturated carbocycles. The van der Waals surface area contributed by atoms with E-state index in [1.54, 1.807) is 16.9 Å². The van der Waals surface area contributed by atoms with Crippen LogP contribution < -0.4 is 11.1 Å². The van der Waals surface area contributed by atoms with E-state index in [4.69, 9.17) is 5.73 Å². The van der Waals surface area contributed by atoms with Crippen LogP contribution in [0.4, 0.5) is 11.4 Å². The summed E-state index contributed by atoms with van der Waals surface area (Å²) in [5.74, 6) is -0.166.